The molecule has 0 heterocycles. The quantitative estimate of drug-likeness (QED) is 0.782. The van der Waals surface area contributed by atoms with Crippen LogP contribution < -0.4 is 10.1 Å². The van der Waals surface area contributed by atoms with Gasteiger partial charge in [0.05, 0.1) is 6.61 Å². The number of benzene rings is 1. The van der Waals surface area contributed by atoms with Gasteiger partial charge >= 0.3 is 5.97 Å². The summed E-state index contributed by atoms with van der Waals surface area (Å²) >= 11 is 0. The van der Waals surface area contributed by atoms with E-state index in [1.54, 1.807) is 6.92 Å². The predicted molar refractivity (Wildman–Crippen MR) is 70.5 cm³/mol. The highest BCUT2D eigenvalue weighted by Crippen LogP contribution is 2.15. The van der Waals surface area contributed by atoms with Gasteiger partial charge in [0, 0.05) is 12.1 Å². The zero-order chi connectivity index (χ0) is 15.1. The van der Waals surface area contributed by atoms with E-state index in [0.717, 1.165) is 12.1 Å². The van der Waals surface area contributed by atoms with Crippen LogP contribution in [0.5, 0.6) is 5.75 Å². The van der Waals surface area contributed by atoms with Crippen molar-refractivity contribution in [2.24, 2.45) is 0 Å². The molecule has 1 N–H and O–H groups in total. The summed E-state index contributed by atoms with van der Waals surface area (Å²) in [6.07, 6.45) is 0. The molecule has 0 saturated heterocycles. The zero-order valence-corrected chi connectivity index (χ0v) is 11.8. The van der Waals surface area contributed by atoms with Crippen molar-refractivity contribution in [3.63, 3.8) is 0 Å². The fourth-order valence-electron chi connectivity index (χ4n) is 1.58. The van der Waals surface area contributed by atoms with Crippen LogP contribution in [0.1, 0.15) is 20.8 Å². The van der Waals surface area contributed by atoms with E-state index < -0.39 is 23.6 Å². The van der Waals surface area contributed by atoms with E-state index in [4.69, 9.17) is 9.47 Å². The maximum atomic E-state index is 13.0. The molecule has 20 heavy (non-hydrogen) atoms. The maximum absolute atomic E-state index is 13.0. The largest absolute Gasteiger partial charge is 0.491 e. The number of hydrogen-bond acceptors (Lipinski definition) is 4. The summed E-state index contributed by atoms with van der Waals surface area (Å²) in [5.74, 6) is -2.22. The molecule has 0 saturated carbocycles. The average molecular weight is 287 g/mol. The molecule has 0 amide bonds. The Morgan fingerprint density at radius 3 is 2.55 bits per heavy atom. The van der Waals surface area contributed by atoms with E-state index in [9.17, 15) is 13.6 Å². The normalized spacial score (nSPS) is 12.3. The smallest absolute Gasteiger partial charge is 0.326 e. The summed E-state index contributed by atoms with van der Waals surface area (Å²) in [7, 11) is 0. The van der Waals surface area contributed by atoms with Gasteiger partial charge in [0.2, 0.25) is 0 Å². The molecule has 1 atom stereocenters. The Balaban J connectivity index is 2.65. The first-order valence-electron chi connectivity index (χ1n) is 6.44. The zero-order valence-electron chi connectivity index (χ0n) is 11.8. The summed E-state index contributed by atoms with van der Waals surface area (Å²) in [6, 6.07) is 2.60. The van der Waals surface area contributed by atoms with Gasteiger partial charge < -0.3 is 9.47 Å². The summed E-state index contributed by atoms with van der Waals surface area (Å²) < 4.78 is 36.0. The number of hydrogen-bond donors (Lipinski definition) is 1. The second-order valence-electron chi connectivity index (χ2n) is 4.51. The van der Waals surface area contributed by atoms with Gasteiger partial charge in [-0.05, 0) is 19.1 Å². The number of carbonyl (C=O) groups is 1. The minimum Gasteiger partial charge on any atom is -0.491 e. The number of carbonyl (C=O) groups excluding carboxylic acids is 1. The lowest BCUT2D eigenvalue weighted by molar-refractivity contribution is -0.146. The van der Waals surface area contributed by atoms with Gasteiger partial charge in [-0.3, -0.25) is 10.1 Å². The van der Waals surface area contributed by atoms with Crippen molar-refractivity contribution in [2.45, 2.75) is 32.9 Å². The molecule has 1 aromatic rings. The number of nitrogens with one attached hydrogen (secondary N) is 1. The Hall–Kier alpha value is -1.69. The lowest BCUT2D eigenvalue weighted by Crippen LogP contribution is -2.45. The molecule has 1 unspecified atom stereocenters. The van der Waals surface area contributed by atoms with Crippen molar-refractivity contribution in [1.82, 2.24) is 5.32 Å². The van der Waals surface area contributed by atoms with Gasteiger partial charge in [-0.25, -0.2) is 8.78 Å². The minimum atomic E-state index is -0.994. The van der Waals surface area contributed by atoms with Crippen molar-refractivity contribution in [2.75, 3.05) is 13.2 Å². The topological polar surface area (TPSA) is 47.6 Å². The van der Waals surface area contributed by atoms with Gasteiger partial charge in [0.1, 0.15) is 18.4 Å². The van der Waals surface area contributed by atoms with Crippen LogP contribution in [0.2, 0.25) is 0 Å². The summed E-state index contributed by atoms with van der Waals surface area (Å²) in [4.78, 5) is 11.7. The molecule has 0 aliphatic rings. The lowest BCUT2D eigenvalue weighted by Gasteiger charge is -2.20. The average Bonchev–Trinajstić information content (AvgIpc) is 2.38. The Bertz CT molecular complexity index is 452. The van der Waals surface area contributed by atoms with Crippen LogP contribution in [0, 0.1) is 11.6 Å². The van der Waals surface area contributed by atoms with E-state index in [1.807, 2.05) is 13.8 Å². The van der Waals surface area contributed by atoms with Crippen molar-refractivity contribution in [3.05, 3.63) is 29.8 Å². The lowest BCUT2D eigenvalue weighted by atomic mass is 10.2. The highest BCUT2D eigenvalue weighted by molar-refractivity contribution is 5.76. The maximum Gasteiger partial charge on any atom is 0.326 e. The summed E-state index contributed by atoms with van der Waals surface area (Å²) in [6.45, 7) is 5.70. The van der Waals surface area contributed by atoms with Crippen LogP contribution in [0.4, 0.5) is 8.78 Å². The standard InChI is InChI=1S/C14H19F2NO3/c1-4-19-14(18)13(17-9(2)3)8-20-10-5-6-11(15)12(16)7-10/h5-7,9,13,17H,4,8H2,1-3H3. The Labute approximate surface area is 117 Å². The molecule has 0 fully saturated rings. The van der Waals surface area contributed by atoms with Gasteiger partial charge in [0.25, 0.3) is 0 Å². The highest BCUT2D eigenvalue weighted by atomic mass is 19.2. The molecule has 0 aromatic heterocycles. The third-order valence-electron chi connectivity index (χ3n) is 2.41. The van der Waals surface area contributed by atoms with E-state index >= 15 is 0 Å². The van der Waals surface area contributed by atoms with Crippen LogP contribution >= 0.6 is 0 Å². The van der Waals surface area contributed by atoms with Crippen molar-refractivity contribution in [3.8, 4) is 5.75 Å². The van der Waals surface area contributed by atoms with Crippen LogP contribution in [-0.2, 0) is 9.53 Å². The second-order valence-corrected chi connectivity index (χ2v) is 4.51. The van der Waals surface area contributed by atoms with Crippen molar-refractivity contribution >= 4 is 5.97 Å². The molecule has 1 rings (SSSR count). The van der Waals surface area contributed by atoms with Gasteiger partial charge in [0.15, 0.2) is 11.6 Å². The number of ether oxygens (including phenoxy) is 2. The molecule has 112 valence electrons. The molecular formula is C14H19F2NO3. The molecule has 0 aliphatic carbocycles. The Kier molecular flexibility index (Phi) is 6.38. The fraction of sp³-hybridized carbons (Fsp3) is 0.500. The fourth-order valence-corrected chi connectivity index (χ4v) is 1.58. The highest BCUT2D eigenvalue weighted by Gasteiger charge is 2.21. The van der Waals surface area contributed by atoms with Crippen molar-refractivity contribution in [1.29, 1.82) is 0 Å². The third-order valence-corrected chi connectivity index (χ3v) is 2.41. The van der Waals surface area contributed by atoms with Crippen LogP contribution in [-0.4, -0.2) is 31.3 Å². The molecule has 0 radical (unpaired) electrons. The van der Waals surface area contributed by atoms with Crippen LogP contribution in [0.3, 0.4) is 0 Å². The predicted octanol–water partition coefficient (Wildman–Crippen LogP) is 2.27. The van der Waals surface area contributed by atoms with Gasteiger partial charge in [-0.15, -0.1) is 0 Å². The van der Waals surface area contributed by atoms with Crippen LogP contribution in [0.15, 0.2) is 18.2 Å². The number of halogens is 2. The van der Waals surface area contributed by atoms with Gasteiger partial charge in [-0.1, -0.05) is 13.8 Å². The number of esters is 1. The van der Waals surface area contributed by atoms with Crippen molar-refractivity contribution < 1.29 is 23.0 Å². The summed E-state index contributed by atoms with van der Waals surface area (Å²) in [5, 5.41) is 2.99. The molecule has 0 bridgehead atoms. The molecule has 6 heteroatoms. The van der Waals surface area contributed by atoms with E-state index in [1.165, 1.54) is 6.07 Å². The Morgan fingerprint density at radius 2 is 2.00 bits per heavy atom. The van der Waals surface area contributed by atoms with E-state index in [-0.39, 0.29) is 25.0 Å². The first-order valence-corrected chi connectivity index (χ1v) is 6.44. The SMILES string of the molecule is CCOC(=O)C(COc1ccc(F)c(F)c1)NC(C)C. The molecule has 0 aliphatic heterocycles. The molecule has 0 spiro atoms. The van der Waals surface area contributed by atoms with Gasteiger partial charge in [-0.2, -0.15) is 0 Å². The van der Waals surface area contributed by atoms with E-state index in [0.29, 0.717) is 0 Å². The van der Waals surface area contributed by atoms with E-state index in [2.05, 4.69) is 5.32 Å². The minimum absolute atomic E-state index is 0.0257. The first-order chi connectivity index (χ1) is 9.43. The first kappa shape index (κ1) is 16.4. The third kappa shape index (κ3) is 5.13. The molecule has 4 nitrogen and oxygen atoms in total. The number of rotatable bonds is 7. The summed E-state index contributed by atoms with van der Waals surface area (Å²) in [5.41, 5.74) is 0. The second kappa shape index (κ2) is 7.79. The Morgan fingerprint density at radius 1 is 1.30 bits per heavy atom. The molecular weight excluding hydrogens is 268 g/mol. The monoisotopic (exact) mass is 287 g/mol. The molecule has 1 aromatic carbocycles. The van der Waals surface area contributed by atoms with Crippen LogP contribution in [0.25, 0.3) is 0 Å².